The number of rotatable bonds is 4. The van der Waals surface area contributed by atoms with Crippen LogP contribution in [0.1, 0.15) is 5.56 Å². The minimum Gasteiger partial charge on any atom is -0.495 e. The summed E-state index contributed by atoms with van der Waals surface area (Å²) in [6.07, 6.45) is 3.04. The Balaban J connectivity index is 1.84. The van der Waals surface area contributed by atoms with E-state index in [9.17, 15) is 4.79 Å². The van der Waals surface area contributed by atoms with E-state index in [1.807, 2.05) is 42.5 Å². The number of nitrogens with one attached hydrogen (secondary N) is 1. The predicted molar refractivity (Wildman–Crippen MR) is 105 cm³/mol. The van der Waals surface area contributed by atoms with Gasteiger partial charge in [-0.25, -0.2) is 0 Å². The molecule has 0 saturated carbocycles. The van der Waals surface area contributed by atoms with E-state index in [1.54, 1.807) is 18.2 Å². The molecule has 0 aliphatic heterocycles. The lowest BCUT2D eigenvalue weighted by Gasteiger charge is -2.08. The highest BCUT2D eigenvalue weighted by molar-refractivity contribution is 6.36. The highest BCUT2D eigenvalue weighted by Crippen LogP contribution is 2.33. The average Bonchev–Trinajstić information content (AvgIpc) is 2.60. The lowest BCUT2D eigenvalue weighted by atomic mass is 10.1. The van der Waals surface area contributed by atoms with E-state index < -0.39 is 0 Å². The van der Waals surface area contributed by atoms with E-state index in [0.717, 1.165) is 16.5 Å². The van der Waals surface area contributed by atoms with Crippen molar-refractivity contribution in [3.05, 3.63) is 76.3 Å². The fourth-order valence-electron chi connectivity index (χ4n) is 2.59. The Bertz CT molecular complexity index is 962. The zero-order chi connectivity index (χ0) is 17.8. The summed E-state index contributed by atoms with van der Waals surface area (Å²) in [5.74, 6) is 0.217. The van der Waals surface area contributed by atoms with Gasteiger partial charge in [-0.15, -0.1) is 0 Å². The van der Waals surface area contributed by atoms with Gasteiger partial charge in [0.1, 0.15) is 5.75 Å². The highest BCUT2D eigenvalue weighted by Gasteiger charge is 2.08. The quantitative estimate of drug-likeness (QED) is 0.587. The summed E-state index contributed by atoms with van der Waals surface area (Å²) >= 11 is 12.1. The Morgan fingerprint density at radius 2 is 1.84 bits per heavy atom. The maximum absolute atomic E-state index is 12.3. The summed E-state index contributed by atoms with van der Waals surface area (Å²) in [5, 5.41) is 5.80. The van der Waals surface area contributed by atoms with Crippen molar-refractivity contribution in [3.63, 3.8) is 0 Å². The summed E-state index contributed by atoms with van der Waals surface area (Å²) < 4.78 is 5.27. The number of hydrogen-bond donors (Lipinski definition) is 1. The monoisotopic (exact) mass is 371 g/mol. The van der Waals surface area contributed by atoms with Crippen LogP contribution < -0.4 is 10.1 Å². The van der Waals surface area contributed by atoms with Crippen LogP contribution in [0.15, 0.2) is 60.7 Å². The molecule has 5 heteroatoms. The number of carbonyl (C=O) groups is 1. The zero-order valence-electron chi connectivity index (χ0n) is 13.4. The van der Waals surface area contributed by atoms with Crippen molar-refractivity contribution in [3.8, 4) is 5.75 Å². The van der Waals surface area contributed by atoms with Crippen molar-refractivity contribution < 1.29 is 9.53 Å². The van der Waals surface area contributed by atoms with Crippen molar-refractivity contribution in [2.75, 3.05) is 12.4 Å². The predicted octanol–water partition coefficient (Wildman–Crippen LogP) is 5.81. The van der Waals surface area contributed by atoms with Crippen LogP contribution in [0, 0.1) is 0 Å². The topological polar surface area (TPSA) is 38.3 Å². The van der Waals surface area contributed by atoms with Gasteiger partial charge in [-0.3, -0.25) is 4.79 Å². The van der Waals surface area contributed by atoms with E-state index in [-0.39, 0.29) is 5.91 Å². The maximum Gasteiger partial charge on any atom is 0.248 e. The number of anilines is 1. The zero-order valence-corrected chi connectivity index (χ0v) is 14.9. The lowest BCUT2D eigenvalue weighted by Crippen LogP contribution is -2.08. The number of methoxy groups -OCH3 is 1. The van der Waals surface area contributed by atoms with Gasteiger partial charge in [0.05, 0.1) is 12.1 Å². The fraction of sp³-hybridized carbons (Fsp3) is 0.0500. The molecule has 126 valence electrons. The van der Waals surface area contributed by atoms with Crippen LogP contribution in [0.5, 0.6) is 5.75 Å². The Hall–Kier alpha value is -2.49. The minimum atomic E-state index is -0.255. The standard InChI is InChI=1S/C20H15Cl2NO2/c1-25-20-14(11-15(21)12-17(20)22)9-10-19(24)23-18-8-4-6-13-5-2-3-7-16(13)18/h2-12H,1H3,(H,23,24)/b10-9+. The molecule has 0 atom stereocenters. The molecule has 0 aliphatic rings. The number of hydrogen-bond acceptors (Lipinski definition) is 2. The fourth-order valence-corrected chi connectivity index (χ4v) is 3.18. The second-order valence-electron chi connectivity index (χ2n) is 5.36. The van der Waals surface area contributed by atoms with Gasteiger partial charge < -0.3 is 10.1 Å². The van der Waals surface area contributed by atoms with Crippen molar-refractivity contribution in [2.45, 2.75) is 0 Å². The molecule has 0 aliphatic carbocycles. The van der Waals surface area contributed by atoms with Gasteiger partial charge >= 0.3 is 0 Å². The van der Waals surface area contributed by atoms with Gasteiger partial charge in [0.25, 0.3) is 0 Å². The first-order valence-electron chi connectivity index (χ1n) is 7.58. The summed E-state index contributed by atoms with van der Waals surface area (Å²) in [5.41, 5.74) is 1.39. The van der Waals surface area contributed by atoms with E-state index in [4.69, 9.17) is 27.9 Å². The first-order valence-corrected chi connectivity index (χ1v) is 8.34. The van der Waals surface area contributed by atoms with Crippen molar-refractivity contribution in [1.29, 1.82) is 0 Å². The van der Waals surface area contributed by atoms with E-state index in [1.165, 1.54) is 13.2 Å². The second kappa shape index (κ2) is 7.60. The van der Waals surface area contributed by atoms with E-state index in [0.29, 0.717) is 21.4 Å². The first-order chi connectivity index (χ1) is 12.1. The van der Waals surface area contributed by atoms with Crippen molar-refractivity contribution in [2.24, 2.45) is 0 Å². The van der Waals surface area contributed by atoms with Gasteiger partial charge in [-0.05, 0) is 29.7 Å². The van der Waals surface area contributed by atoms with E-state index in [2.05, 4.69) is 5.32 Å². The SMILES string of the molecule is COc1c(Cl)cc(Cl)cc1/C=C/C(=O)Nc1cccc2ccccc12. The molecule has 1 amide bonds. The summed E-state index contributed by atoms with van der Waals surface area (Å²) in [4.78, 5) is 12.3. The molecule has 0 fully saturated rings. The van der Waals surface area contributed by atoms with Crippen LogP contribution in [-0.4, -0.2) is 13.0 Å². The number of ether oxygens (including phenoxy) is 1. The molecule has 1 N–H and O–H groups in total. The normalized spacial score (nSPS) is 11.0. The molecule has 0 heterocycles. The summed E-state index contributed by atoms with van der Waals surface area (Å²) in [7, 11) is 1.52. The molecule has 3 rings (SSSR count). The van der Waals surface area contributed by atoms with Gasteiger partial charge in [-0.2, -0.15) is 0 Å². The number of fused-ring (bicyclic) bond motifs is 1. The van der Waals surface area contributed by atoms with Crippen LogP contribution in [0.3, 0.4) is 0 Å². The minimum absolute atomic E-state index is 0.255. The summed E-state index contributed by atoms with van der Waals surface area (Å²) in [6.45, 7) is 0. The third kappa shape index (κ3) is 3.95. The molecule has 3 aromatic carbocycles. The molecule has 25 heavy (non-hydrogen) atoms. The van der Waals surface area contributed by atoms with Crippen molar-refractivity contribution >= 4 is 51.6 Å². The smallest absolute Gasteiger partial charge is 0.248 e. The van der Waals surface area contributed by atoms with Gasteiger partial charge in [0, 0.05) is 27.7 Å². The van der Waals surface area contributed by atoms with Gasteiger partial charge in [0.15, 0.2) is 0 Å². The molecule has 0 unspecified atom stereocenters. The highest BCUT2D eigenvalue weighted by atomic mass is 35.5. The Kier molecular flexibility index (Phi) is 5.27. The molecular weight excluding hydrogens is 357 g/mol. The van der Waals surface area contributed by atoms with Crippen LogP contribution in [0.25, 0.3) is 16.8 Å². The largest absolute Gasteiger partial charge is 0.495 e. The van der Waals surface area contributed by atoms with E-state index >= 15 is 0 Å². The van der Waals surface area contributed by atoms with Crippen LogP contribution in [0.4, 0.5) is 5.69 Å². The number of carbonyl (C=O) groups excluding carboxylic acids is 1. The number of benzene rings is 3. The lowest BCUT2D eigenvalue weighted by molar-refractivity contribution is -0.111. The molecule has 3 nitrogen and oxygen atoms in total. The number of amides is 1. The molecular formula is C20H15Cl2NO2. The van der Waals surface area contributed by atoms with Gasteiger partial charge in [0.2, 0.25) is 5.91 Å². The van der Waals surface area contributed by atoms with Crippen LogP contribution in [-0.2, 0) is 4.79 Å². The van der Waals surface area contributed by atoms with Crippen molar-refractivity contribution in [1.82, 2.24) is 0 Å². The molecule has 0 bridgehead atoms. The third-order valence-electron chi connectivity index (χ3n) is 3.70. The van der Waals surface area contributed by atoms with Crippen LogP contribution >= 0.6 is 23.2 Å². The second-order valence-corrected chi connectivity index (χ2v) is 6.20. The Morgan fingerprint density at radius 3 is 2.64 bits per heavy atom. The molecule has 0 radical (unpaired) electrons. The first kappa shape index (κ1) is 17.3. The Labute approximate surface area is 155 Å². The average molecular weight is 372 g/mol. The number of halogens is 2. The third-order valence-corrected chi connectivity index (χ3v) is 4.20. The molecule has 3 aromatic rings. The molecule has 0 spiro atoms. The Morgan fingerprint density at radius 1 is 1.08 bits per heavy atom. The molecule has 0 aromatic heterocycles. The van der Waals surface area contributed by atoms with Gasteiger partial charge in [-0.1, -0.05) is 59.6 Å². The van der Waals surface area contributed by atoms with Crippen LogP contribution in [0.2, 0.25) is 10.0 Å². The maximum atomic E-state index is 12.3. The molecule has 0 saturated heterocycles. The summed E-state index contributed by atoms with van der Waals surface area (Å²) in [6, 6.07) is 16.9.